The minimum absolute atomic E-state index is 0.0125. The fourth-order valence-corrected chi connectivity index (χ4v) is 2.07. The third-order valence-electron chi connectivity index (χ3n) is 2.67. The summed E-state index contributed by atoms with van der Waals surface area (Å²) in [4.78, 5) is 24.8. The van der Waals surface area contributed by atoms with Crippen molar-refractivity contribution >= 4 is 12.4 Å². The molecule has 0 rings (SSSR count). The van der Waals surface area contributed by atoms with Crippen LogP contribution >= 0.6 is 0 Å². The predicted octanol–water partition coefficient (Wildman–Crippen LogP) is 3.64. The number of carbonyl (C=O) groups excluding carboxylic acids is 2. The molecule has 0 aromatic carbocycles. The number of nitrogens with zero attached hydrogens (tertiary/aromatic N) is 1. The molecule has 1 amide bonds. The zero-order valence-electron chi connectivity index (χ0n) is 13.4. The molecule has 0 radical (unpaired) electrons. The maximum atomic E-state index is 12.3. The first-order chi connectivity index (χ1) is 8.58. The first-order valence-corrected chi connectivity index (χ1v) is 7.03. The van der Waals surface area contributed by atoms with E-state index < -0.39 is 5.60 Å². The Labute approximate surface area is 117 Å². The highest BCUT2D eigenvalue weighted by Crippen LogP contribution is 2.20. The summed E-state index contributed by atoms with van der Waals surface area (Å²) in [5.41, 5.74) is -0.520. The van der Waals surface area contributed by atoms with Gasteiger partial charge in [-0.25, -0.2) is 4.79 Å². The SMILES string of the molecule is CC(C)CC(CC=O)N(C(=O)OC(C)(C)C)C(C)C. The predicted molar refractivity (Wildman–Crippen MR) is 77.1 cm³/mol. The van der Waals surface area contributed by atoms with Crippen LogP contribution in [0.4, 0.5) is 4.79 Å². The second-order valence-electron chi connectivity index (χ2n) is 6.67. The van der Waals surface area contributed by atoms with Gasteiger partial charge in [0.25, 0.3) is 0 Å². The van der Waals surface area contributed by atoms with Gasteiger partial charge in [-0.1, -0.05) is 13.8 Å². The molecule has 0 heterocycles. The Bertz CT molecular complexity index is 292. The molecule has 112 valence electrons. The molecule has 0 fully saturated rings. The van der Waals surface area contributed by atoms with Gasteiger partial charge in [0.05, 0.1) is 0 Å². The number of hydrogen-bond donors (Lipinski definition) is 0. The van der Waals surface area contributed by atoms with Crippen molar-refractivity contribution in [2.45, 2.75) is 79.0 Å². The summed E-state index contributed by atoms with van der Waals surface area (Å²) >= 11 is 0. The summed E-state index contributed by atoms with van der Waals surface area (Å²) in [5.74, 6) is 0.425. The van der Waals surface area contributed by atoms with E-state index in [9.17, 15) is 9.59 Å². The van der Waals surface area contributed by atoms with Gasteiger partial charge in [-0.15, -0.1) is 0 Å². The maximum Gasteiger partial charge on any atom is 0.410 e. The first kappa shape index (κ1) is 17.9. The van der Waals surface area contributed by atoms with Gasteiger partial charge in [-0.05, 0) is 47.0 Å². The monoisotopic (exact) mass is 271 g/mol. The van der Waals surface area contributed by atoms with Crippen molar-refractivity contribution in [2.75, 3.05) is 0 Å². The summed E-state index contributed by atoms with van der Waals surface area (Å²) < 4.78 is 5.44. The van der Waals surface area contributed by atoms with E-state index in [2.05, 4.69) is 13.8 Å². The molecule has 4 heteroatoms. The van der Waals surface area contributed by atoms with Crippen LogP contribution in [0.3, 0.4) is 0 Å². The fourth-order valence-electron chi connectivity index (χ4n) is 2.07. The largest absolute Gasteiger partial charge is 0.444 e. The number of hydrogen-bond acceptors (Lipinski definition) is 3. The van der Waals surface area contributed by atoms with Crippen molar-refractivity contribution in [3.8, 4) is 0 Å². The van der Waals surface area contributed by atoms with Gasteiger partial charge in [0, 0.05) is 18.5 Å². The standard InChI is InChI=1S/C15H29NO3/c1-11(2)10-13(8-9-17)16(12(3)4)14(18)19-15(5,6)7/h9,11-13H,8,10H2,1-7H3. The van der Waals surface area contributed by atoms with Crippen molar-refractivity contribution in [3.63, 3.8) is 0 Å². The van der Waals surface area contributed by atoms with Crippen LogP contribution in [0.15, 0.2) is 0 Å². The maximum absolute atomic E-state index is 12.3. The van der Waals surface area contributed by atoms with Crippen LogP contribution in [0.1, 0.15) is 61.3 Å². The molecule has 0 spiro atoms. The minimum Gasteiger partial charge on any atom is -0.444 e. The van der Waals surface area contributed by atoms with E-state index in [4.69, 9.17) is 4.74 Å². The quantitative estimate of drug-likeness (QED) is 0.693. The van der Waals surface area contributed by atoms with Gasteiger partial charge in [-0.2, -0.15) is 0 Å². The number of ether oxygens (including phenoxy) is 1. The smallest absolute Gasteiger partial charge is 0.410 e. The van der Waals surface area contributed by atoms with Gasteiger partial charge in [0.1, 0.15) is 11.9 Å². The number of carbonyl (C=O) groups is 2. The molecule has 0 N–H and O–H groups in total. The Hall–Kier alpha value is -1.06. The van der Waals surface area contributed by atoms with Crippen molar-refractivity contribution in [3.05, 3.63) is 0 Å². The molecule has 0 aliphatic carbocycles. The lowest BCUT2D eigenvalue weighted by atomic mass is 9.99. The topological polar surface area (TPSA) is 46.6 Å². The van der Waals surface area contributed by atoms with E-state index >= 15 is 0 Å². The van der Waals surface area contributed by atoms with E-state index in [1.54, 1.807) is 4.90 Å². The van der Waals surface area contributed by atoms with Crippen molar-refractivity contribution in [1.82, 2.24) is 4.90 Å². The molecule has 1 atom stereocenters. The van der Waals surface area contributed by atoms with Crippen molar-refractivity contribution in [1.29, 1.82) is 0 Å². The van der Waals surface area contributed by atoms with E-state index in [-0.39, 0.29) is 18.2 Å². The Balaban J connectivity index is 5.02. The Morgan fingerprint density at radius 1 is 1.21 bits per heavy atom. The zero-order valence-corrected chi connectivity index (χ0v) is 13.4. The average molecular weight is 271 g/mol. The lowest BCUT2D eigenvalue weighted by Crippen LogP contribution is -2.47. The Kier molecular flexibility index (Phi) is 7.09. The summed E-state index contributed by atoms with van der Waals surface area (Å²) in [6.45, 7) is 13.6. The zero-order chi connectivity index (χ0) is 15.2. The van der Waals surface area contributed by atoms with Crippen molar-refractivity contribution in [2.24, 2.45) is 5.92 Å². The van der Waals surface area contributed by atoms with Crippen LogP contribution in [-0.2, 0) is 9.53 Å². The number of rotatable bonds is 6. The van der Waals surface area contributed by atoms with Gasteiger partial charge in [0.2, 0.25) is 0 Å². The highest BCUT2D eigenvalue weighted by Gasteiger charge is 2.30. The minimum atomic E-state index is -0.520. The lowest BCUT2D eigenvalue weighted by Gasteiger charge is -2.36. The molecule has 0 saturated carbocycles. The van der Waals surface area contributed by atoms with E-state index in [0.717, 1.165) is 12.7 Å². The molecule has 4 nitrogen and oxygen atoms in total. The molecule has 0 aliphatic heterocycles. The van der Waals surface area contributed by atoms with Crippen molar-refractivity contribution < 1.29 is 14.3 Å². The lowest BCUT2D eigenvalue weighted by molar-refractivity contribution is -0.109. The van der Waals surface area contributed by atoms with Crippen LogP contribution in [0.2, 0.25) is 0 Å². The Morgan fingerprint density at radius 3 is 2.05 bits per heavy atom. The van der Waals surface area contributed by atoms with Gasteiger partial charge in [-0.3, -0.25) is 0 Å². The Morgan fingerprint density at radius 2 is 1.74 bits per heavy atom. The highest BCUT2D eigenvalue weighted by atomic mass is 16.6. The summed E-state index contributed by atoms with van der Waals surface area (Å²) in [5, 5.41) is 0. The van der Waals surface area contributed by atoms with Crippen LogP contribution in [0.5, 0.6) is 0 Å². The molecule has 0 aliphatic rings. The molecular formula is C15H29NO3. The third-order valence-corrected chi connectivity index (χ3v) is 2.67. The molecule has 19 heavy (non-hydrogen) atoms. The van der Waals surface area contributed by atoms with Crippen LogP contribution < -0.4 is 0 Å². The third kappa shape index (κ3) is 7.19. The molecule has 0 saturated heterocycles. The van der Waals surface area contributed by atoms with Gasteiger partial charge < -0.3 is 14.4 Å². The van der Waals surface area contributed by atoms with Gasteiger partial charge in [0.15, 0.2) is 0 Å². The average Bonchev–Trinajstić information content (AvgIpc) is 2.12. The highest BCUT2D eigenvalue weighted by molar-refractivity contribution is 5.69. The number of aldehydes is 1. The molecular weight excluding hydrogens is 242 g/mol. The summed E-state index contributed by atoms with van der Waals surface area (Å²) in [7, 11) is 0. The second-order valence-corrected chi connectivity index (χ2v) is 6.67. The van der Waals surface area contributed by atoms with Gasteiger partial charge >= 0.3 is 6.09 Å². The van der Waals surface area contributed by atoms with Crippen LogP contribution in [0, 0.1) is 5.92 Å². The summed E-state index contributed by atoms with van der Waals surface area (Å²) in [6, 6.07) is -0.0779. The molecule has 1 unspecified atom stereocenters. The normalized spacial score (nSPS) is 13.5. The fraction of sp³-hybridized carbons (Fsp3) is 0.867. The van der Waals surface area contributed by atoms with E-state index in [1.165, 1.54) is 0 Å². The van der Waals surface area contributed by atoms with E-state index in [1.807, 2.05) is 34.6 Å². The molecule has 0 bridgehead atoms. The number of amides is 1. The van der Waals surface area contributed by atoms with E-state index in [0.29, 0.717) is 12.3 Å². The first-order valence-electron chi connectivity index (χ1n) is 7.03. The summed E-state index contributed by atoms with van der Waals surface area (Å²) in [6.07, 6.45) is 1.70. The van der Waals surface area contributed by atoms with Crippen LogP contribution in [0.25, 0.3) is 0 Å². The molecule has 0 aromatic heterocycles. The van der Waals surface area contributed by atoms with Crippen LogP contribution in [-0.4, -0.2) is 35.0 Å². The molecule has 0 aromatic rings. The second kappa shape index (κ2) is 7.51.